The lowest BCUT2D eigenvalue weighted by Gasteiger charge is -2.41. The Hall–Kier alpha value is 1.74. The average molecular weight is 357 g/mol. The summed E-state index contributed by atoms with van der Waals surface area (Å²) in [5.41, 5.74) is 0. The molecule has 0 heterocycles. The summed E-state index contributed by atoms with van der Waals surface area (Å²) < 4.78 is -1.27. The highest BCUT2D eigenvalue weighted by Crippen LogP contribution is 2.75. The maximum Gasteiger partial charge on any atom is 0.159 e. The fourth-order valence-electron chi connectivity index (χ4n) is 4.10. The first-order valence-electron chi connectivity index (χ1n) is 5.81. The SMILES string of the molecule is ClC1CCC2[C@H]3CCC(Cl)[C@@]3(Cl)C(Cl)(Cl)[C@@]12Cl. The number of fused-ring (bicyclic) bond motifs is 3. The van der Waals surface area contributed by atoms with Gasteiger partial charge in [-0.15, -0.1) is 46.4 Å². The lowest BCUT2D eigenvalue weighted by atomic mass is 9.89. The van der Waals surface area contributed by atoms with Gasteiger partial charge in [-0.3, -0.25) is 0 Å². The summed E-state index contributed by atoms with van der Waals surface area (Å²) in [7, 11) is 0. The van der Waals surface area contributed by atoms with E-state index in [2.05, 4.69) is 0 Å². The quantitative estimate of drug-likeness (QED) is 0.525. The lowest BCUT2D eigenvalue weighted by molar-refractivity contribution is 0.356. The predicted octanol–water partition coefficient (Wildman–Crippen LogP) is 5.16. The van der Waals surface area contributed by atoms with Gasteiger partial charge in [-0.2, -0.15) is 0 Å². The van der Waals surface area contributed by atoms with E-state index in [0.717, 1.165) is 25.7 Å². The first-order chi connectivity index (χ1) is 7.78. The molecule has 6 heteroatoms. The van der Waals surface area contributed by atoms with Crippen molar-refractivity contribution in [3.05, 3.63) is 0 Å². The summed E-state index contributed by atoms with van der Waals surface area (Å²) in [6.07, 6.45) is 3.55. The Morgan fingerprint density at radius 2 is 1.00 bits per heavy atom. The monoisotopic (exact) mass is 354 g/mol. The van der Waals surface area contributed by atoms with Gasteiger partial charge in [-0.1, -0.05) is 23.2 Å². The summed E-state index contributed by atoms with van der Waals surface area (Å²) >= 11 is 39.3. The van der Waals surface area contributed by atoms with Gasteiger partial charge in [0.1, 0.15) is 0 Å². The smallest absolute Gasteiger partial charge is 0.121 e. The number of halogens is 6. The van der Waals surface area contributed by atoms with Crippen LogP contribution in [0, 0.1) is 11.8 Å². The minimum absolute atomic E-state index is 0.169. The molecular weight excluding hydrogens is 345 g/mol. The molecule has 0 saturated heterocycles. The molecule has 0 nitrogen and oxygen atoms in total. The van der Waals surface area contributed by atoms with E-state index in [9.17, 15) is 0 Å². The largest absolute Gasteiger partial charge is 0.159 e. The molecule has 0 bridgehead atoms. The van der Waals surface area contributed by atoms with Gasteiger partial charge in [0.15, 0.2) is 4.33 Å². The highest BCUT2D eigenvalue weighted by molar-refractivity contribution is 6.60. The second-order valence-electron chi connectivity index (χ2n) is 5.41. The minimum atomic E-state index is -1.27. The van der Waals surface area contributed by atoms with E-state index in [1.165, 1.54) is 0 Å². The first-order valence-corrected chi connectivity index (χ1v) is 8.20. The van der Waals surface area contributed by atoms with Crippen LogP contribution in [0.4, 0.5) is 0 Å². The lowest BCUT2D eigenvalue weighted by Crippen LogP contribution is -2.55. The third-order valence-corrected chi connectivity index (χ3v) is 9.54. The molecule has 0 aromatic carbocycles. The van der Waals surface area contributed by atoms with Crippen molar-refractivity contribution in [1.29, 1.82) is 0 Å². The Balaban J connectivity index is 2.15. The molecule has 6 atom stereocenters. The second-order valence-corrected chi connectivity index (χ2v) is 9.05. The summed E-state index contributed by atoms with van der Waals surface area (Å²) in [6.45, 7) is 0. The van der Waals surface area contributed by atoms with Gasteiger partial charge in [0.2, 0.25) is 0 Å². The molecule has 17 heavy (non-hydrogen) atoms. The molecule has 98 valence electrons. The number of alkyl halides is 6. The van der Waals surface area contributed by atoms with Gasteiger partial charge < -0.3 is 0 Å². The molecule has 0 aromatic rings. The number of hydrogen-bond donors (Lipinski definition) is 0. The van der Waals surface area contributed by atoms with E-state index in [4.69, 9.17) is 69.6 Å². The Kier molecular flexibility index (Phi) is 3.14. The molecular formula is C11H12Cl6. The van der Waals surface area contributed by atoms with E-state index < -0.39 is 14.1 Å². The maximum atomic E-state index is 6.73. The van der Waals surface area contributed by atoms with Crippen molar-refractivity contribution in [2.45, 2.75) is 50.5 Å². The second kappa shape index (κ2) is 3.89. The van der Waals surface area contributed by atoms with Crippen molar-refractivity contribution in [1.82, 2.24) is 0 Å². The van der Waals surface area contributed by atoms with Crippen LogP contribution in [0.3, 0.4) is 0 Å². The predicted molar refractivity (Wildman–Crippen MR) is 76.3 cm³/mol. The molecule has 3 fully saturated rings. The highest BCUT2D eigenvalue weighted by atomic mass is 35.5. The van der Waals surface area contributed by atoms with Crippen molar-refractivity contribution < 1.29 is 0 Å². The number of rotatable bonds is 0. The standard InChI is InChI=1S/C11H12Cl6/c12-7-3-1-5-6-2-4-8(13)10(6,15)11(16,17)9(5,7)14/h5-8H,1-4H2/t5-,6?,7?,8?,9-,10+/m1/s1. The molecule has 3 saturated carbocycles. The third-order valence-electron chi connectivity index (χ3n) is 4.90. The van der Waals surface area contributed by atoms with E-state index in [1.807, 2.05) is 0 Å². The van der Waals surface area contributed by atoms with E-state index in [1.54, 1.807) is 0 Å². The van der Waals surface area contributed by atoms with E-state index in [-0.39, 0.29) is 22.6 Å². The zero-order valence-electron chi connectivity index (χ0n) is 8.91. The number of hydrogen-bond acceptors (Lipinski definition) is 0. The zero-order chi connectivity index (χ0) is 12.6. The van der Waals surface area contributed by atoms with Gasteiger partial charge in [-0.05, 0) is 37.5 Å². The molecule has 0 N–H and O–H groups in total. The van der Waals surface area contributed by atoms with Gasteiger partial charge in [0.25, 0.3) is 0 Å². The highest BCUT2D eigenvalue weighted by Gasteiger charge is 2.80. The first kappa shape index (κ1) is 13.7. The fraction of sp³-hybridized carbons (Fsp3) is 1.00. The normalized spacial score (nSPS) is 60.4. The van der Waals surface area contributed by atoms with Crippen LogP contribution in [-0.4, -0.2) is 24.8 Å². The van der Waals surface area contributed by atoms with Gasteiger partial charge in [0.05, 0.1) is 20.5 Å². The molecule has 3 aliphatic carbocycles. The average Bonchev–Trinajstić information content (AvgIpc) is 2.75. The molecule has 3 aliphatic rings. The topological polar surface area (TPSA) is 0 Å². The van der Waals surface area contributed by atoms with Crippen LogP contribution in [0.1, 0.15) is 25.7 Å². The molecule has 0 aromatic heterocycles. The van der Waals surface area contributed by atoms with Crippen molar-refractivity contribution >= 4 is 69.6 Å². The van der Waals surface area contributed by atoms with E-state index >= 15 is 0 Å². The molecule has 0 amide bonds. The minimum Gasteiger partial charge on any atom is -0.121 e. The van der Waals surface area contributed by atoms with Crippen LogP contribution in [0.5, 0.6) is 0 Å². The Bertz CT molecular complexity index is 326. The Morgan fingerprint density at radius 1 is 0.647 bits per heavy atom. The van der Waals surface area contributed by atoms with Crippen LogP contribution >= 0.6 is 69.6 Å². The van der Waals surface area contributed by atoms with Gasteiger partial charge in [0, 0.05) is 0 Å². The van der Waals surface area contributed by atoms with Crippen LogP contribution in [0.2, 0.25) is 0 Å². The van der Waals surface area contributed by atoms with Gasteiger partial charge in [-0.25, -0.2) is 0 Å². The van der Waals surface area contributed by atoms with Crippen molar-refractivity contribution in [3.63, 3.8) is 0 Å². The molecule has 3 rings (SSSR count). The molecule has 0 aliphatic heterocycles. The maximum absolute atomic E-state index is 6.73. The Morgan fingerprint density at radius 3 is 1.35 bits per heavy atom. The third kappa shape index (κ3) is 1.32. The van der Waals surface area contributed by atoms with E-state index in [0.29, 0.717) is 0 Å². The summed E-state index contributed by atoms with van der Waals surface area (Å²) in [4.78, 5) is -1.70. The van der Waals surface area contributed by atoms with Crippen molar-refractivity contribution in [2.75, 3.05) is 0 Å². The van der Waals surface area contributed by atoms with Crippen molar-refractivity contribution in [2.24, 2.45) is 11.8 Å². The molecule has 3 unspecified atom stereocenters. The van der Waals surface area contributed by atoms with Crippen LogP contribution < -0.4 is 0 Å². The summed E-state index contributed by atoms with van der Waals surface area (Å²) in [6, 6.07) is 0. The van der Waals surface area contributed by atoms with Gasteiger partial charge >= 0.3 is 0 Å². The van der Waals surface area contributed by atoms with Crippen LogP contribution in [-0.2, 0) is 0 Å². The van der Waals surface area contributed by atoms with Crippen molar-refractivity contribution in [3.8, 4) is 0 Å². The Labute approximate surface area is 131 Å². The molecule has 0 spiro atoms. The summed E-state index contributed by atoms with van der Waals surface area (Å²) in [5.74, 6) is 0.339. The zero-order valence-corrected chi connectivity index (χ0v) is 13.4. The molecule has 0 radical (unpaired) electrons. The fourth-order valence-corrected chi connectivity index (χ4v) is 7.41. The van der Waals surface area contributed by atoms with Crippen LogP contribution in [0.25, 0.3) is 0 Å². The van der Waals surface area contributed by atoms with Crippen LogP contribution in [0.15, 0.2) is 0 Å². The summed E-state index contributed by atoms with van der Waals surface area (Å²) in [5, 5.41) is -0.483.